The molecule has 4 aromatic rings. The van der Waals surface area contributed by atoms with E-state index < -0.39 is 53.7 Å². The van der Waals surface area contributed by atoms with Crippen molar-refractivity contribution in [1.29, 1.82) is 0 Å². The highest BCUT2D eigenvalue weighted by molar-refractivity contribution is 6.30. The topological polar surface area (TPSA) is 85.0 Å². The molecule has 0 atom stereocenters. The van der Waals surface area contributed by atoms with Gasteiger partial charge in [0.05, 0.1) is 22.6 Å². The lowest BCUT2D eigenvalue weighted by atomic mass is 10.00. The zero-order chi connectivity index (χ0) is 27.7. The van der Waals surface area contributed by atoms with Gasteiger partial charge in [-0.2, -0.15) is 26.3 Å². The predicted octanol–water partition coefficient (Wildman–Crippen LogP) is 6.13. The highest BCUT2D eigenvalue weighted by atomic mass is 35.5. The van der Waals surface area contributed by atoms with Gasteiger partial charge in [0.2, 0.25) is 17.6 Å². The smallest absolute Gasteiger partial charge is 0.416 e. The van der Waals surface area contributed by atoms with Crippen LogP contribution in [0.4, 0.5) is 36.4 Å². The van der Waals surface area contributed by atoms with Crippen LogP contribution in [0, 0.1) is 5.82 Å². The first-order valence-electron chi connectivity index (χ1n) is 10.4. The number of alkyl halides is 6. The minimum absolute atomic E-state index is 0.00684. The Balaban J connectivity index is 1.66. The van der Waals surface area contributed by atoms with Gasteiger partial charge in [-0.05, 0) is 42.0 Å². The third kappa shape index (κ3) is 6.25. The highest BCUT2D eigenvalue weighted by Gasteiger charge is 2.38. The highest BCUT2D eigenvalue weighted by Crippen LogP contribution is 2.37. The van der Waals surface area contributed by atoms with Gasteiger partial charge in [-0.25, -0.2) is 14.4 Å². The Morgan fingerprint density at radius 3 is 2.18 bits per heavy atom. The molecule has 0 radical (unpaired) electrons. The van der Waals surface area contributed by atoms with E-state index in [1.807, 2.05) is 0 Å². The van der Waals surface area contributed by atoms with Gasteiger partial charge in [0, 0.05) is 18.1 Å². The number of halogens is 8. The number of hydrogen-bond acceptors (Lipinski definition) is 6. The van der Waals surface area contributed by atoms with Crippen LogP contribution >= 0.6 is 11.6 Å². The van der Waals surface area contributed by atoms with Crippen LogP contribution in [-0.4, -0.2) is 26.1 Å². The quantitative estimate of drug-likeness (QED) is 0.264. The Morgan fingerprint density at radius 2 is 1.58 bits per heavy atom. The zero-order valence-electron chi connectivity index (χ0n) is 18.7. The Labute approximate surface area is 213 Å². The van der Waals surface area contributed by atoms with Crippen LogP contribution in [0.5, 0.6) is 0 Å². The second-order valence-electron chi connectivity index (χ2n) is 7.73. The summed E-state index contributed by atoms with van der Waals surface area (Å²) in [7, 11) is 0. The van der Waals surface area contributed by atoms with Gasteiger partial charge in [-0.15, -0.1) is 10.2 Å². The molecule has 0 unspecified atom stereocenters. The molecule has 0 N–H and O–H groups in total. The fourth-order valence-electron chi connectivity index (χ4n) is 3.34. The number of hydrogen-bond donors (Lipinski definition) is 0. The second-order valence-corrected chi connectivity index (χ2v) is 8.16. The lowest BCUT2D eigenvalue weighted by Crippen LogP contribution is -2.32. The molecule has 2 heterocycles. The van der Waals surface area contributed by atoms with E-state index in [1.165, 1.54) is 24.5 Å². The van der Waals surface area contributed by atoms with Gasteiger partial charge < -0.3 is 9.32 Å². The molecule has 2 aromatic carbocycles. The molecule has 2 aromatic heterocycles. The fraction of sp³-hybridized carbons (Fsp3) is 0.174. The maximum Gasteiger partial charge on any atom is 0.416 e. The number of aromatic nitrogens is 4. The van der Waals surface area contributed by atoms with Gasteiger partial charge in [0.25, 0.3) is 5.89 Å². The average molecular weight is 560 g/mol. The van der Waals surface area contributed by atoms with E-state index in [0.29, 0.717) is 12.1 Å². The Bertz CT molecular complexity index is 1440. The maximum atomic E-state index is 13.6. The van der Waals surface area contributed by atoms with Crippen molar-refractivity contribution in [3.05, 3.63) is 88.3 Å². The zero-order valence-corrected chi connectivity index (χ0v) is 19.4. The van der Waals surface area contributed by atoms with E-state index in [2.05, 4.69) is 20.2 Å². The Morgan fingerprint density at radius 1 is 0.921 bits per heavy atom. The summed E-state index contributed by atoms with van der Waals surface area (Å²) in [6.07, 6.45) is -8.59. The predicted molar refractivity (Wildman–Crippen MR) is 118 cm³/mol. The van der Waals surface area contributed by atoms with Crippen molar-refractivity contribution in [3.8, 4) is 11.7 Å². The summed E-state index contributed by atoms with van der Waals surface area (Å²) in [5.74, 6) is -1.94. The van der Waals surface area contributed by atoms with Gasteiger partial charge in [-0.3, -0.25) is 4.79 Å². The van der Waals surface area contributed by atoms with Crippen molar-refractivity contribution in [2.45, 2.75) is 25.3 Å². The van der Waals surface area contributed by atoms with Gasteiger partial charge in [0.1, 0.15) is 12.4 Å². The van der Waals surface area contributed by atoms with Crippen LogP contribution in [0.15, 0.2) is 59.3 Å². The maximum absolute atomic E-state index is 13.6. The SMILES string of the molecule is O=C(Cc1ccc(C(F)(F)F)cc1C(F)(F)F)N(Cc1nnc(-c2ncc(Cl)cn2)o1)c1ccc(F)cc1. The first-order chi connectivity index (χ1) is 17.8. The summed E-state index contributed by atoms with van der Waals surface area (Å²) in [6, 6.07) is 5.38. The molecule has 198 valence electrons. The minimum Gasteiger partial charge on any atom is -0.416 e. The summed E-state index contributed by atoms with van der Waals surface area (Å²) in [4.78, 5) is 21.9. The summed E-state index contributed by atoms with van der Waals surface area (Å²) in [5, 5.41) is 7.78. The molecular weight excluding hydrogens is 547 g/mol. The molecule has 38 heavy (non-hydrogen) atoms. The number of carbonyl (C=O) groups excluding carboxylic acids is 1. The molecule has 7 nitrogen and oxygen atoms in total. The number of anilines is 1. The van der Waals surface area contributed by atoms with E-state index in [9.17, 15) is 35.5 Å². The van der Waals surface area contributed by atoms with Gasteiger partial charge >= 0.3 is 12.4 Å². The van der Waals surface area contributed by atoms with E-state index >= 15 is 0 Å². The number of nitrogens with zero attached hydrogens (tertiary/aromatic N) is 5. The molecule has 0 aliphatic heterocycles. The van der Waals surface area contributed by atoms with Crippen LogP contribution in [-0.2, 0) is 30.1 Å². The number of amides is 1. The molecule has 0 fully saturated rings. The number of rotatable bonds is 6. The van der Waals surface area contributed by atoms with Crippen LogP contribution in [0.3, 0.4) is 0 Å². The molecule has 0 saturated heterocycles. The minimum atomic E-state index is -5.17. The molecule has 4 rings (SSSR count). The van der Waals surface area contributed by atoms with Crippen LogP contribution in [0.2, 0.25) is 5.02 Å². The summed E-state index contributed by atoms with van der Waals surface area (Å²) in [6.45, 7) is -0.465. The number of benzene rings is 2. The van der Waals surface area contributed by atoms with Crippen LogP contribution < -0.4 is 4.90 Å². The van der Waals surface area contributed by atoms with Crippen LogP contribution in [0.25, 0.3) is 11.7 Å². The van der Waals surface area contributed by atoms with Crippen molar-refractivity contribution in [2.75, 3.05) is 4.90 Å². The van der Waals surface area contributed by atoms with Crippen molar-refractivity contribution in [1.82, 2.24) is 20.2 Å². The van der Waals surface area contributed by atoms with E-state index in [-0.39, 0.29) is 34.4 Å². The lowest BCUT2D eigenvalue weighted by molar-refractivity contribution is -0.143. The summed E-state index contributed by atoms with van der Waals surface area (Å²) < 4.78 is 98.7. The fourth-order valence-corrected chi connectivity index (χ4v) is 3.44. The third-order valence-corrected chi connectivity index (χ3v) is 5.29. The van der Waals surface area contributed by atoms with Crippen LogP contribution in [0.1, 0.15) is 22.6 Å². The average Bonchev–Trinajstić information content (AvgIpc) is 3.31. The normalized spacial score (nSPS) is 12.0. The number of carbonyl (C=O) groups is 1. The second kappa shape index (κ2) is 10.4. The Kier molecular flexibility index (Phi) is 7.35. The standard InChI is InChI=1S/C23H13ClF7N5O2/c24-14-9-32-20(33-10-14)21-35-34-18(38-21)11-36(16-5-3-15(25)4-6-16)19(37)7-12-1-2-13(22(26,27)28)8-17(12)23(29,30)31/h1-6,8-10H,7,11H2. The Hall–Kier alpha value is -4.07. The molecule has 0 saturated carbocycles. The molecule has 0 bridgehead atoms. The first kappa shape index (κ1) is 27.0. The van der Waals surface area contributed by atoms with Crippen molar-refractivity contribution < 1.29 is 39.9 Å². The molecule has 15 heteroatoms. The van der Waals surface area contributed by atoms with E-state index in [4.69, 9.17) is 16.0 Å². The van der Waals surface area contributed by atoms with E-state index in [1.54, 1.807) is 0 Å². The molecule has 0 spiro atoms. The summed E-state index contributed by atoms with van der Waals surface area (Å²) >= 11 is 5.73. The van der Waals surface area contributed by atoms with Crippen molar-refractivity contribution in [3.63, 3.8) is 0 Å². The molecular formula is C23H13ClF7N5O2. The van der Waals surface area contributed by atoms with E-state index in [0.717, 1.165) is 17.0 Å². The summed E-state index contributed by atoms with van der Waals surface area (Å²) in [5.41, 5.74) is -3.76. The van der Waals surface area contributed by atoms with Gasteiger partial charge in [0.15, 0.2) is 0 Å². The lowest BCUT2D eigenvalue weighted by Gasteiger charge is -2.23. The monoisotopic (exact) mass is 559 g/mol. The third-order valence-electron chi connectivity index (χ3n) is 5.10. The largest absolute Gasteiger partial charge is 0.416 e. The molecule has 1 amide bonds. The molecule has 0 aliphatic carbocycles. The van der Waals surface area contributed by atoms with Crippen molar-refractivity contribution >= 4 is 23.2 Å². The van der Waals surface area contributed by atoms with Gasteiger partial charge in [-0.1, -0.05) is 17.7 Å². The first-order valence-corrected chi connectivity index (χ1v) is 10.8. The van der Waals surface area contributed by atoms with Crippen molar-refractivity contribution in [2.24, 2.45) is 0 Å². The molecule has 0 aliphatic rings.